The first kappa shape index (κ1) is 14.5. The van der Waals surface area contributed by atoms with Crippen molar-refractivity contribution >= 4 is 5.78 Å². The predicted octanol–water partition coefficient (Wildman–Crippen LogP) is 1.92. The molecule has 3 fully saturated rings. The first-order valence-electron chi connectivity index (χ1n) is 8.10. The van der Waals surface area contributed by atoms with Crippen LogP contribution in [0.3, 0.4) is 0 Å². The molecule has 3 aliphatic heterocycles. The summed E-state index contributed by atoms with van der Waals surface area (Å²) in [5.74, 6) is 0.693. The number of hydrogen-bond donors (Lipinski definition) is 1. The van der Waals surface area contributed by atoms with Crippen LogP contribution >= 0.6 is 0 Å². The summed E-state index contributed by atoms with van der Waals surface area (Å²) in [5.41, 5.74) is -0.181. The zero-order chi connectivity index (χ0) is 14.1. The van der Waals surface area contributed by atoms with Gasteiger partial charge in [-0.3, -0.25) is 4.79 Å². The lowest BCUT2D eigenvalue weighted by atomic mass is 9.68. The molecule has 0 aromatic heterocycles. The standard InChI is InChI=1S/C16H27NO3/c1-15(3-7-17-8-4-15)14(18)13-2-9-20-16(12-13)5-10-19-11-6-16/h13,17H,2-12H2,1H3. The second kappa shape index (κ2) is 5.74. The van der Waals surface area contributed by atoms with Crippen molar-refractivity contribution in [1.82, 2.24) is 5.32 Å². The second-order valence-electron chi connectivity index (χ2n) is 7.01. The van der Waals surface area contributed by atoms with Gasteiger partial charge >= 0.3 is 0 Å². The van der Waals surface area contributed by atoms with Crippen LogP contribution in [-0.4, -0.2) is 44.3 Å². The zero-order valence-corrected chi connectivity index (χ0v) is 12.6. The average molecular weight is 281 g/mol. The molecule has 0 aliphatic carbocycles. The van der Waals surface area contributed by atoms with Gasteiger partial charge in [0.05, 0.1) is 5.60 Å². The summed E-state index contributed by atoms with van der Waals surface area (Å²) < 4.78 is 11.5. The molecule has 114 valence electrons. The number of piperidine rings is 1. The Bertz CT molecular complexity index is 351. The lowest BCUT2D eigenvalue weighted by Crippen LogP contribution is -2.49. The van der Waals surface area contributed by atoms with E-state index in [4.69, 9.17) is 9.47 Å². The number of hydrogen-bond acceptors (Lipinski definition) is 4. The van der Waals surface area contributed by atoms with E-state index in [0.717, 1.165) is 71.4 Å². The fourth-order valence-electron chi connectivity index (χ4n) is 4.06. The van der Waals surface area contributed by atoms with Gasteiger partial charge in [-0.1, -0.05) is 6.92 Å². The van der Waals surface area contributed by atoms with E-state index in [9.17, 15) is 4.79 Å². The minimum atomic E-state index is -0.111. The number of nitrogens with one attached hydrogen (secondary N) is 1. The molecule has 0 radical (unpaired) electrons. The second-order valence-corrected chi connectivity index (χ2v) is 7.01. The Morgan fingerprint density at radius 1 is 1.10 bits per heavy atom. The fourth-order valence-corrected chi connectivity index (χ4v) is 4.06. The Morgan fingerprint density at radius 3 is 2.50 bits per heavy atom. The minimum absolute atomic E-state index is 0.0693. The highest BCUT2D eigenvalue weighted by atomic mass is 16.5. The number of carbonyl (C=O) groups excluding carboxylic acids is 1. The molecule has 1 unspecified atom stereocenters. The molecule has 1 spiro atoms. The lowest BCUT2D eigenvalue weighted by molar-refractivity contribution is -0.162. The maximum Gasteiger partial charge on any atom is 0.142 e. The highest BCUT2D eigenvalue weighted by Gasteiger charge is 2.45. The third kappa shape index (κ3) is 2.78. The van der Waals surface area contributed by atoms with Gasteiger partial charge in [-0.15, -0.1) is 0 Å². The van der Waals surface area contributed by atoms with Crippen LogP contribution in [0.2, 0.25) is 0 Å². The van der Waals surface area contributed by atoms with Crippen molar-refractivity contribution in [1.29, 1.82) is 0 Å². The first-order chi connectivity index (χ1) is 9.64. The summed E-state index contributed by atoms with van der Waals surface area (Å²) in [7, 11) is 0. The van der Waals surface area contributed by atoms with Crippen molar-refractivity contribution in [2.24, 2.45) is 11.3 Å². The van der Waals surface area contributed by atoms with Crippen molar-refractivity contribution < 1.29 is 14.3 Å². The molecular formula is C16H27NO3. The maximum atomic E-state index is 13.0. The molecule has 20 heavy (non-hydrogen) atoms. The van der Waals surface area contributed by atoms with Crippen molar-refractivity contribution in [2.75, 3.05) is 32.9 Å². The molecule has 0 aromatic carbocycles. The molecule has 0 amide bonds. The van der Waals surface area contributed by atoms with Crippen LogP contribution in [0.1, 0.15) is 45.4 Å². The highest BCUT2D eigenvalue weighted by molar-refractivity contribution is 5.87. The van der Waals surface area contributed by atoms with Crippen molar-refractivity contribution in [3.8, 4) is 0 Å². The average Bonchev–Trinajstić information content (AvgIpc) is 2.48. The molecule has 3 heterocycles. The molecule has 4 heteroatoms. The van der Waals surface area contributed by atoms with E-state index in [0.29, 0.717) is 5.78 Å². The Labute approximate surface area is 121 Å². The molecule has 1 N–H and O–H groups in total. The van der Waals surface area contributed by atoms with Gasteiger partial charge in [-0.25, -0.2) is 0 Å². The van der Waals surface area contributed by atoms with E-state index in [1.54, 1.807) is 0 Å². The van der Waals surface area contributed by atoms with Gasteiger partial charge in [-0.2, -0.15) is 0 Å². The number of ether oxygens (including phenoxy) is 2. The van der Waals surface area contributed by atoms with Crippen LogP contribution in [0.25, 0.3) is 0 Å². The van der Waals surface area contributed by atoms with Crippen LogP contribution in [-0.2, 0) is 14.3 Å². The Hall–Kier alpha value is -0.450. The van der Waals surface area contributed by atoms with Crippen molar-refractivity contribution in [2.45, 2.75) is 51.0 Å². The Balaban J connectivity index is 1.68. The predicted molar refractivity (Wildman–Crippen MR) is 76.7 cm³/mol. The smallest absolute Gasteiger partial charge is 0.142 e. The van der Waals surface area contributed by atoms with Gasteiger partial charge in [0.25, 0.3) is 0 Å². The van der Waals surface area contributed by atoms with Crippen molar-refractivity contribution in [3.63, 3.8) is 0 Å². The Kier molecular flexibility index (Phi) is 4.16. The summed E-state index contributed by atoms with van der Waals surface area (Å²) in [6.45, 7) is 6.42. The first-order valence-corrected chi connectivity index (χ1v) is 8.10. The van der Waals surface area contributed by atoms with Crippen LogP contribution in [0.4, 0.5) is 0 Å². The number of Topliss-reactive ketones (excluding diaryl/α,β-unsaturated/α-hetero) is 1. The normalized spacial score (nSPS) is 33.0. The third-order valence-corrected chi connectivity index (χ3v) is 5.57. The van der Waals surface area contributed by atoms with Gasteiger partial charge in [-0.05, 0) is 51.6 Å². The van der Waals surface area contributed by atoms with Gasteiger partial charge in [0.15, 0.2) is 0 Å². The fraction of sp³-hybridized carbons (Fsp3) is 0.938. The van der Waals surface area contributed by atoms with Gasteiger partial charge in [0, 0.05) is 31.2 Å². The van der Waals surface area contributed by atoms with E-state index in [1.165, 1.54) is 0 Å². The van der Waals surface area contributed by atoms with Crippen LogP contribution in [0, 0.1) is 11.3 Å². The van der Waals surface area contributed by atoms with E-state index in [2.05, 4.69) is 12.2 Å². The minimum Gasteiger partial charge on any atom is -0.381 e. The third-order valence-electron chi connectivity index (χ3n) is 5.57. The van der Waals surface area contributed by atoms with E-state index in [-0.39, 0.29) is 16.9 Å². The summed E-state index contributed by atoms with van der Waals surface area (Å²) in [5, 5.41) is 3.36. The molecule has 3 saturated heterocycles. The molecule has 0 bridgehead atoms. The summed E-state index contributed by atoms with van der Waals surface area (Å²) in [4.78, 5) is 13.0. The zero-order valence-electron chi connectivity index (χ0n) is 12.6. The number of carbonyl (C=O) groups is 1. The highest BCUT2D eigenvalue weighted by Crippen LogP contribution is 2.41. The molecule has 3 rings (SSSR count). The van der Waals surface area contributed by atoms with Gasteiger partial charge in [0.2, 0.25) is 0 Å². The lowest BCUT2D eigenvalue weighted by Gasteiger charge is -2.45. The topological polar surface area (TPSA) is 47.6 Å². The SMILES string of the molecule is CC1(C(=O)C2CCOC3(CCOCC3)C2)CCNCC1. The van der Waals surface area contributed by atoms with Crippen LogP contribution in [0.15, 0.2) is 0 Å². The molecular weight excluding hydrogens is 254 g/mol. The number of ketones is 1. The van der Waals surface area contributed by atoms with E-state index in [1.807, 2.05) is 0 Å². The Morgan fingerprint density at radius 2 is 1.80 bits per heavy atom. The molecule has 0 saturated carbocycles. The quantitative estimate of drug-likeness (QED) is 0.840. The number of rotatable bonds is 2. The van der Waals surface area contributed by atoms with Crippen LogP contribution in [0.5, 0.6) is 0 Å². The maximum absolute atomic E-state index is 13.0. The monoisotopic (exact) mass is 281 g/mol. The van der Waals surface area contributed by atoms with E-state index >= 15 is 0 Å². The molecule has 3 aliphatic rings. The van der Waals surface area contributed by atoms with Gasteiger partial charge < -0.3 is 14.8 Å². The molecule has 0 aromatic rings. The summed E-state index contributed by atoms with van der Waals surface area (Å²) in [6, 6.07) is 0. The van der Waals surface area contributed by atoms with Crippen LogP contribution < -0.4 is 5.32 Å². The summed E-state index contributed by atoms with van der Waals surface area (Å²) >= 11 is 0. The summed E-state index contributed by atoms with van der Waals surface area (Å²) in [6.07, 6.45) is 5.70. The van der Waals surface area contributed by atoms with Gasteiger partial charge in [0.1, 0.15) is 5.78 Å². The van der Waals surface area contributed by atoms with Crippen molar-refractivity contribution in [3.05, 3.63) is 0 Å². The largest absolute Gasteiger partial charge is 0.381 e. The van der Waals surface area contributed by atoms with E-state index < -0.39 is 0 Å². The molecule has 1 atom stereocenters. The molecule has 4 nitrogen and oxygen atoms in total.